The van der Waals surface area contributed by atoms with Crippen LogP contribution in [0.5, 0.6) is 17.2 Å². The van der Waals surface area contributed by atoms with Crippen LogP contribution in [0.3, 0.4) is 0 Å². The summed E-state index contributed by atoms with van der Waals surface area (Å²) in [5, 5.41) is 0. The van der Waals surface area contributed by atoms with Gasteiger partial charge in [-0.25, -0.2) is 0 Å². The lowest BCUT2D eigenvalue weighted by atomic mass is 10.1. The first-order valence-corrected chi connectivity index (χ1v) is 8.51. The van der Waals surface area contributed by atoms with Crippen molar-refractivity contribution in [3.8, 4) is 17.2 Å². The summed E-state index contributed by atoms with van der Waals surface area (Å²) in [5.74, 6) is 1.63. The highest BCUT2D eigenvalue weighted by atomic mass is 16.5. The average molecular weight is 349 g/mol. The van der Waals surface area contributed by atoms with Gasteiger partial charge in [0.1, 0.15) is 0 Å². The van der Waals surface area contributed by atoms with Crippen molar-refractivity contribution >= 4 is 12.0 Å². The summed E-state index contributed by atoms with van der Waals surface area (Å²) in [6.45, 7) is 4.06. The summed E-state index contributed by atoms with van der Waals surface area (Å²) in [4.78, 5) is 14.3. The van der Waals surface area contributed by atoms with E-state index in [1.807, 2.05) is 24.0 Å². The lowest BCUT2D eigenvalue weighted by molar-refractivity contribution is -0.129. The first-order chi connectivity index (χ1) is 12.1. The number of ether oxygens (including phenoxy) is 4. The summed E-state index contributed by atoms with van der Waals surface area (Å²) in [5.41, 5.74) is 0.807. The van der Waals surface area contributed by atoms with Gasteiger partial charge in [0.25, 0.3) is 0 Å². The van der Waals surface area contributed by atoms with Crippen molar-refractivity contribution in [2.75, 3.05) is 41.0 Å². The molecule has 0 aliphatic carbocycles. The Morgan fingerprint density at radius 1 is 1.20 bits per heavy atom. The van der Waals surface area contributed by atoms with Gasteiger partial charge in [0.2, 0.25) is 11.7 Å². The third-order valence-electron chi connectivity index (χ3n) is 4.20. The van der Waals surface area contributed by atoms with Crippen LogP contribution in [-0.2, 0) is 9.53 Å². The Balaban J connectivity index is 2.11. The van der Waals surface area contributed by atoms with Gasteiger partial charge in [0.05, 0.1) is 27.4 Å². The van der Waals surface area contributed by atoms with Crippen LogP contribution < -0.4 is 14.2 Å². The fourth-order valence-corrected chi connectivity index (χ4v) is 2.98. The molecule has 1 aliphatic rings. The highest BCUT2D eigenvalue weighted by molar-refractivity contribution is 5.92. The molecule has 6 heteroatoms. The van der Waals surface area contributed by atoms with Crippen LogP contribution in [0.4, 0.5) is 0 Å². The molecule has 1 amide bonds. The highest BCUT2D eigenvalue weighted by Gasteiger charge is 2.22. The van der Waals surface area contributed by atoms with Gasteiger partial charge in [-0.05, 0) is 43.5 Å². The van der Waals surface area contributed by atoms with E-state index in [0.717, 1.165) is 24.9 Å². The molecular weight excluding hydrogens is 322 g/mol. The lowest BCUT2D eigenvalue weighted by Crippen LogP contribution is -2.42. The van der Waals surface area contributed by atoms with E-state index < -0.39 is 0 Å². The fourth-order valence-electron chi connectivity index (χ4n) is 2.98. The van der Waals surface area contributed by atoms with E-state index in [-0.39, 0.29) is 12.0 Å². The van der Waals surface area contributed by atoms with Gasteiger partial charge in [-0.15, -0.1) is 0 Å². The second-order valence-electron chi connectivity index (χ2n) is 5.80. The SMILES string of the molecule is CCOC1CCCN(C(=O)/C=C/c2cc(OC)c(OC)c(OC)c2)C1. The van der Waals surface area contributed by atoms with E-state index in [1.54, 1.807) is 33.5 Å². The molecule has 1 saturated heterocycles. The maximum Gasteiger partial charge on any atom is 0.246 e. The van der Waals surface area contributed by atoms with E-state index in [0.29, 0.717) is 30.4 Å². The Morgan fingerprint density at radius 2 is 1.88 bits per heavy atom. The van der Waals surface area contributed by atoms with E-state index in [1.165, 1.54) is 0 Å². The molecule has 2 rings (SSSR count). The zero-order valence-corrected chi connectivity index (χ0v) is 15.4. The normalized spacial score (nSPS) is 17.6. The average Bonchev–Trinajstić information content (AvgIpc) is 2.65. The molecule has 1 fully saturated rings. The molecule has 138 valence electrons. The van der Waals surface area contributed by atoms with Gasteiger partial charge in [-0.3, -0.25) is 4.79 Å². The van der Waals surface area contributed by atoms with Crippen LogP contribution in [0.1, 0.15) is 25.3 Å². The third-order valence-corrected chi connectivity index (χ3v) is 4.20. The molecule has 1 heterocycles. The number of methoxy groups -OCH3 is 3. The van der Waals surface area contributed by atoms with Gasteiger partial charge in [-0.2, -0.15) is 0 Å². The fraction of sp³-hybridized carbons (Fsp3) is 0.526. The Labute approximate surface area is 149 Å². The van der Waals surface area contributed by atoms with Crippen molar-refractivity contribution < 1.29 is 23.7 Å². The number of hydrogen-bond donors (Lipinski definition) is 0. The first kappa shape index (κ1) is 19.1. The molecule has 1 aliphatic heterocycles. The molecule has 0 spiro atoms. The molecule has 1 unspecified atom stereocenters. The van der Waals surface area contributed by atoms with Crippen LogP contribution in [0, 0.1) is 0 Å². The Hall–Kier alpha value is -2.21. The standard InChI is InChI=1S/C19H27NO5/c1-5-25-15-7-6-10-20(13-15)18(21)9-8-14-11-16(22-2)19(24-4)17(12-14)23-3/h8-9,11-12,15H,5-7,10,13H2,1-4H3/b9-8+. The molecule has 0 saturated carbocycles. The van der Waals surface area contributed by atoms with Gasteiger partial charge in [0.15, 0.2) is 11.5 Å². The Bertz CT molecular complexity index is 587. The number of carbonyl (C=O) groups excluding carboxylic acids is 1. The van der Waals surface area contributed by atoms with Crippen molar-refractivity contribution in [2.45, 2.75) is 25.9 Å². The van der Waals surface area contributed by atoms with Gasteiger partial charge in [0, 0.05) is 25.8 Å². The lowest BCUT2D eigenvalue weighted by Gasteiger charge is -2.31. The second kappa shape index (κ2) is 9.32. The minimum Gasteiger partial charge on any atom is -0.493 e. The first-order valence-electron chi connectivity index (χ1n) is 8.51. The smallest absolute Gasteiger partial charge is 0.246 e. The van der Waals surface area contributed by atoms with Crippen LogP contribution in [0.2, 0.25) is 0 Å². The molecule has 0 radical (unpaired) electrons. The monoisotopic (exact) mass is 349 g/mol. The molecule has 25 heavy (non-hydrogen) atoms. The summed E-state index contributed by atoms with van der Waals surface area (Å²) in [6.07, 6.45) is 5.45. The van der Waals surface area contributed by atoms with E-state index in [4.69, 9.17) is 18.9 Å². The van der Waals surface area contributed by atoms with E-state index in [9.17, 15) is 4.79 Å². The quantitative estimate of drug-likeness (QED) is 0.709. The number of nitrogens with zero attached hydrogens (tertiary/aromatic N) is 1. The van der Waals surface area contributed by atoms with Crippen molar-refractivity contribution in [3.05, 3.63) is 23.8 Å². The van der Waals surface area contributed by atoms with Gasteiger partial charge in [-0.1, -0.05) is 0 Å². The maximum atomic E-state index is 12.4. The van der Waals surface area contributed by atoms with Crippen LogP contribution in [-0.4, -0.2) is 57.9 Å². The topological polar surface area (TPSA) is 57.2 Å². The maximum absolute atomic E-state index is 12.4. The van der Waals surface area contributed by atoms with Crippen molar-refractivity contribution in [3.63, 3.8) is 0 Å². The predicted molar refractivity (Wildman–Crippen MR) is 96.4 cm³/mol. The van der Waals surface area contributed by atoms with Gasteiger partial charge < -0.3 is 23.8 Å². The minimum absolute atomic E-state index is 0.0156. The molecular formula is C19H27NO5. The van der Waals surface area contributed by atoms with Crippen LogP contribution >= 0.6 is 0 Å². The van der Waals surface area contributed by atoms with Crippen molar-refractivity contribution in [2.24, 2.45) is 0 Å². The zero-order valence-electron chi connectivity index (χ0n) is 15.4. The molecule has 1 aromatic rings. The predicted octanol–water partition coefficient (Wildman–Crippen LogP) is 2.75. The summed E-state index contributed by atoms with van der Waals surface area (Å²) in [6, 6.07) is 3.62. The molecule has 6 nitrogen and oxygen atoms in total. The number of piperidine rings is 1. The van der Waals surface area contributed by atoms with E-state index >= 15 is 0 Å². The highest BCUT2D eigenvalue weighted by Crippen LogP contribution is 2.38. The number of hydrogen-bond acceptors (Lipinski definition) is 5. The summed E-state index contributed by atoms with van der Waals surface area (Å²) in [7, 11) is 4.69. The summed E-state index contributed by atoms with van der Waals surface area (Å²) < 4.78 is 21.6. The molecule has 1 aromatic carbocycles. The molecule has 0 aromatic heterocycles. The number of carbonyl (C=O) groups is 1. The molecule has 0 bridgehead atoms. The number of benzene rings is 1. The largest absolute Gasteiger partial charge is 0.493 e. The zero-order chi connectivity index (χ0) is 18.2. The Kier molecular flexibility index (Phi) is 7.13. The van der Waals surface area contributed by atoms with Gasteiger partial charge >= 0.3 is 0 Å². The third kappa shape index (κ3) is 4.89. The molecule has 1 atom stereocenters. The van der Waals surface area contributed by atoms with Crippen LogP contribution in [0.15, 0.2) is 18.2 Å². The second-order valence-corrected chi connectivity index (χ2v) is 5.80. The van der Waals surface area contributed by atoms with Crippen LogP contribution in [0.25, 0.3) is 6.08 Å². The van der Waals surface area contributed by atoms with Crippen molar-refractivity contribution in [1.29, 1.82) is 0 Å². The van der Waals surface area contributed by atoms with Crippen molar-refractivity contribution in [1.82, 2.24) is 4.90 Å². The number of amides is 1. The summed E-state index contributed by atoms with van der Waals surface area (Å²) >= 11 is 0. The van der Waals surface area contributed by atoms with E-state index in [2.05, 4.69) is 0 Å². The Morgan fingerprint density at radius 3 is 2.44 bits per heavy atom. The molecule has 0 N–H and O–H groups in total. The number of rotatable bonds is 7. The number of likely N-dealkylation sites (tertiary alicyclic amines) is 1. The minimum atomic E-state index is -0.0156.